The molecule has 0 fully saturated rings. The molecule has 0 aliphatic carbocycles. The first kappa shape index (κ1) is 15.1. The lowest BCUT2D eigenvalue weighted by Crippen LogP contribution is -2.00. The molecule has 0 radical (unpaired) electrons. The molecule has 3 aromatic rings. The second-order valence-corrected chi connectivity index (χ2v) is 6.15. The second-order valence-electron chi connectivity index (χ2n) is 4.80. The number of hydrogen-bond acceptors (Lipinski definition) is 3. The highest BCUT2D eigenvalue weighted by molar-refractivity contribution is 7.98. The minimum absolute atomic E-state index is 0.698. The van der Waals surface area contributed by atoms with Gasteiger partial charge in [0.25, 0.3) is 0 Å². The van der Waals surface area contributed by atoms with Crippen LogP contribution in [-0.4, -0.2) is 14.8 Å². The van der Waals surface area contributed by atoms with Gasteiger partial charge in [0.2, 0.25) is 0 Å². The fourth-order valence-corrected chi connectivity index (χ4v) is 3.42. The lowest BCUT2D eigenvalue weighted by Gasteiger charge is -2.08. The van der Waals surface area contributed by atoms with Gasteiger partial charge in [-0.05, 0) is 24.6 Å². The second kappa shape index (κ2) is 6.99. The zero-order chi connectivity index (χ0) is 15.4. The summed E-state index contributed by atoms with van der Waals surface area (Å²) in [7, 11) is 0. The molecule has 0 unspecified atom stereocenters. The van der Waals surface area contributed by atoms with Crippen LogP contribution in [0.5, 0.6) is 0 Å². The molecule has 0 amide bonds. The summed E-state index contributed by atoms with van der Waals surface area (Å²) in [5.41, 5.74) is 2.20. The highest BCUT2D eigenvalue weighted by Crippen LogP contribution is 2.30. The fourth-order valence-electron chi connectivity index (χ4n) is 2.24. The van der Waals surface area contributed by atoms with Crippen LogP contribution in [0.4, 0.5) is 0 Å². The van der Waals surface area contributed by atoms with E-state index in [-0.39, 0.29) is 0 Å². The van der Waals surface area contributed by atoms with Crippen LogP contribution in [0.3, 0.4) is 0 Å². The monoisotopic (exact) mass is 329 g/mol. The van der Waals surface area contributed by atoms with Crippen LogP contribution < -0.4 is 0 Å². The van der Waals surface area contributed by atoms with Gasteiger partial charge in [0.15, 0.2) is 11.0 Å². The molecule has 0 N–H and O–H groups in total. The zero-order valence-corrected chi connectivity index (χ0v) is 13.8. The molecule has 0 bridgehead atoms. The Balaban J connectivity index is 1.86. The van der Waals surface area contributed by atoms with E-state index >= 15 is 0 Å². The van der Waals surface area contributed by atoms with Crippen molar-refractivity contribution in [3.63, 3.8) is 0 Å². The van der Waals surface area contributed by atoms with Crippen molar-refractivity contribution in [1.82, 2.24) is 14.8 Å². The first-order valence-corrected chi connectivity index (χ1v) is 8.50. The molecule has 1 heterocycles. The van der Waals surface area contributed by atoms with Gasteiger partial charge in [0, 0.05) is 17.9 Å². The summed E-state index contributed by atoms with van der Waals surface area (Å²) in [6.07, 6.45) is 0. The molecular formula is C17H16ClN3S. The summed E-state index contributed by atoms with van der Waals surface area (Å²) in [4.78, 5) is 0. The molecule has 112 valence electrons. The van der Waals surface area contributed by atoms with Crippen LogP contribution in [0.25, 0.3) is 11.4 Å². The summed E-state index contributed by atoms with van der Waals surface area (Å²) in [6.45, 7) is 2.90. The van der Waals surface area contributed by atoms with Crippen molar-refractivity contribution in [2.45, 2.75) is 24.4 Å². The summed E-state index contributed by atoms with van der Waals surface area (Å²) in [5.74, 6) is 1.70. The van der Waals surface area contributed by atoms with Crippen LogP contribution in [0, 0.1) is 0 Å². The number of nitrogens with zero attached hydrogens (tertiary/aromatic N) is 3. The van der Waals surface area contributed by atoms with E-state index in [9.17, 15) is 0 Å². The van der Waals surface area contributed by atoms with E-state index in [1.165, 1.54) is 5.56 Å². The Morgan fingerprint density at radius 1 is 1.00 bits per heavy atom. The van der Waals surface area contributed by atoms with Gasteiger partial charge in [0.1, 0.15) is 0 Å². The van der Waals surface area contributed by atoms with Gasteiger partial charge in [-0.15, -0.1) is 10.2 Å². The molecule has 0 atom stereocenters. The van der Waals surface area contributed by atoms with Gasteiger partial charge in [0.05, 0.1) is 5.02 Å². The highest BCUT2D eigenvalue weighted by atomic mass is 35.5. The van der Waals surface area contributed by atoms with E-state index in [2.05, 4.69) is 46.0 Å². The van der Waals surface area contributed by atoms with Crippen molar-refractivity contribution in [2.24, 2.45) is 0 Å². The Morgan fingerprint density at radius 3 is 2.45 bits per heavy atom. The molecule has 2 aromatic carbocycles. The van der Waals surface area contributed by atoms with Crippen LogP contribution in [-0.2, 0) is 12.3 Å². The maximum Gasteiger partial charge on any atom is 0.191 e. The molecule has 0 spiro atoms. The van der Waals surface area contributed by atoms with Crippen molar-refractivity contribution >= 4 is 23.4 Å². The molecule has 22 heavy (non-hydrogen) atoms. The van der Waals surface area contributed by atoms with E-state index < -0.39 is 0 Å². The van der Waals surface area contributed by atoms with E-state index in [1.807, 2.05) is 30.3 Å². The minimum Gasteiger partial charge on any atom is -0.302 e. The van der Waals surface area contributed by atoms with E-state index in [0.29, 0.717) is 5.02 Å². The van der Waals surface area contributed by atoms with E-state index in [0.717, 1.165) is 28.8 Å². The Hall–Kier alpha value is -1.78. The van der Waals surface area contributed by atoms with Crippen molar-refractivity contribution in [3.8, 4) is 11.4 Å². The maximum absolute atomic E-state index is 6.28. The number of aromatic nitrogens is 3. The molecule has 3 rings (SSSR count). The zero-order valence-electron chi connectivity index (χ0n) is 12.2. The third-order valence-electron chi connectivity index (χ3n) is 3.36. The Bertz CT molecular complexity index is 756. The smallest absolute Gasteiger partial charge is 0.191 e. The normalized spacial score (nSPS) is 10.8. The lowest BCUT2D eigenvalue weighted by molar-refractivity contribution is 0.687. The predicted molar refractivity (Wildman–Crippen MR) is 92.1 cm³/mol. The fraction of sp³-hybridized carbons (Fsp3) is 0.176. The first-order chi connectivity index (χ1) is 10.8. The Kier molecular flexibility index (Phi) is 4.80. The van der Waals surface area contributed by atoms with Crippen molar-refractivity contribution < 1.29 is 0 Å². The summed E-state index contributed by atoms with van der Waals surface area (Å²) in [6, 6.07) is 18.1. The van der Waals surface area contributed by atoms with Crippen molar-refractivity contribution in [1.29, 1.82) is 0 Å². The summed E-state index contributed by atoms with van der Waals surface area (Å²) >= 11 is 7.97. The van der Waals surface area contributed by atoms with Crippen LogP contribution in [0.15, 0.2) is 59.8 Å². The third kappa shape index (κ3) is 3.18. The third-order valence-corrected chi connectivity index (χ3v) is 4.73. The standard InChI is InChI=1S/C17H16ClN3S/c1-2-21-16(14-10-6-7-11-15(14)18)19-20-17(21)22-12-13-8-4-3-5-9-13/h3-11H,2,12H2,1H3. The lowest BCUT2D eigenvalue weighted by atomic mass is 10.2. The molecule has 5 heteroatoms. The average Bonchev–Trinajstić information content (AvgIpc) is 2.97. The van der Waals surface area contributed by atoms with E-state index in [1.54, 1.807) is 11.8 Å². The molecule has 0 saturated heterocycles. The topological polar surface area (TPSA) is 30.7 Å². The number of halogens is 1. The molecule has 1 aromatic heterocycles. The molecule has 0 aliphatic rings. The highest BCUT2D eigenvalue weighted by Gasteiger charge is 2.15. The maximum atomic E-state index is 6.28. The van der Waals surface area contributed by atoms with Gasteiger partial charge < -0.3 is 4.57 Å². The van der Waals surface area contributed by atoms with Crippen molar-refractivity contribution in [3.05, 3.63) is 65.2 Å². The number of hydrogen-bond donors (Lipinski definition) is 0. The van der Waals surface area contributed by atoms with Gasteiger partial charge >= 0.3 is 0 Å². The van der Waals surface area contributed by atoms with Gasteiger partial charge in [-0.3, -0.25) is 0 Å². The van der Waals surface area contributed by atoms with Crippen molar-refractivity contribution in [2.75, 3.05) is 0 Å². The SMILES string of the molecule is CCn1c(SCc2ccccc2)nnc1-c1ccccc1Cl. The first-order valence-electron chi connectivity index (χ1n) is 7.14. The number of rotatable bonds is 5. The van der Waals surface area contributed by atoms with Crippen LogP contribution in [0.1, 0.15) is 12.5 Å². The molecule has 0 aliphatic heterocycles. The molecule has 0 saturated carbocycles. The predicted octanol–water partition coefficient (Wildman–Crippen LogP) is 4.91. The Labute approximate surface area is 139 Å². The molecule has 3 nitrogen and oxygen atoms in total. The summed E-state index contributed by atoms with van der Waals surface area (Å²) in [5, 5.41) is 10.3. The molecular weight excluding hydrogens is 314 g/mol. The summed E-state index contributed by atoms with van der Waals surface area (Å²) < 4.78 is 2.11. The van der Waals surface area contributed by atoms with E-state index in [4.69, 9.17) is 11.6 Å². The Morgan fingerprint density at radius 2 is 1.73 bits per heavy atom. The van der Waals surface area contributed by atoms with Gasteiger partial charge in [-0.2, -0.15) is 0 Å². The average molecular weight is 330 g/mol. The van der Waals surface area contributed by atoms with Gasteiger partial charge in [-0.25, -0.2) is 0 Å². The van der Waals surface area contributed by atoms with Crippen LogP contribution in [0.2, 0.25) is 5.02 Å². The van der Waals surface area contributed by atoms with Crippen LogP contribution >= 0.6 is 23.4 Å². The largest absolute Gasteiger partial charge is 0.302 e. The number of thioether (sulfide) groups is 1. The number of benzene rings is 2. The van der Waals surface area contributed by atoms with Gasteiger partial charge in [-0.1, -0.05) is 65.8 Å². The minimum atomic E-state index is 0.698. The quantitative estimate of drug-likeness (QED) is 0.623.